The maximum atomic E-state index is 13.0. The van der Waals surface area contributed by atoms with E-state index in [1.807, 2.05) is 25.1 Å². The Morgan fingerprint density at radius 2 is 1.81 bits per heavy atom. The summed E-state index contributed by atoms with van der Waals surface area (Å²) in [5.74, 6) is -0.0507. The first-order chi connectivity index (χ1) is 12.6. The van der Waals surface area contributed by atoms with Crippen LogP contribution in [0.4, 0.5) is 0 Å². The lowest BCUT2D eigenvalue weighted by Gasteiger charge is -2.36. The topological polar surface area (TPSA) is 87.0 Å². The Bertz CT molecular complexity index is 834. The van der Waals surface area contributed by atoms with Gasteiger partial charge < -0.3 is 4.43 Å². The highest BCUT2D eigenvalue weighted by Crippen LogP contribution is 2.29. The summed E-state index contributed by atoms with van der Waals surface area (Å²) >= 11 is 0. The number of hydrogen-bond acceptors (Lipinski definition) is 6. The molecule has 1 unspecified atom stereocenters. The largest absolute Gasteiger partial charge is 0.412 e. The van der Waals surface area contributed by atoms with Gasteiger partial charge >= 0.3 is 0 Å². The quantitative estimate of drug-likeness (QED) is 0.556. The van der Waals surface area contributed by atoms with E-state index in [0.29, 0.717) is 12.1 Å². The molecule has 0 fully saturated rings. The maximum Gasteiger partial charge on any atom is 0.272 e. The van der Waals surface area contributed by atoms with E-state index in [0.717, 1.165) is 19.3 Å². The minimum absolute atomic E-state index is 0.0507. The van der Waals surface area contributed by atoms with E-state index < -0.39 is 23.8 Å². The Balaban J connectivity index is 2.22. The summed E-state index contributed by atoms with van der Waals surface area (Å²) in [5.41, 5.74) is 0.159. The Morgan fingerprint density at radius 1 is 1.15 bits per heavy atom. The van der Waals surface area contributed by atoms with Crippen LogP contribution < -0.4 is 0 Å². The van der Waals surface area contributed by atoms with Crippen LogP contribution in [0.1, 0.15) is 39.5 Å². The van der Waals surface area contributed by atoms with E-state index in [9.17, 15) is 8.42 Å². The number of rotatable bonds is 10. The van der Waals surface area contributed by atoms with Crippen LogP contribution in [0.15, 0.2) is 35.5 Å². The zero-order chi connectivity index (χ0) is 20.1. The highest BCUT2D eigenvalue weighted by atomic mass is 32.2. The molecule has 0 radical (unpaired) electrons. The van der Waals surface area contributed by atoms with Crippen molar-refractivity contribution in [3.8, 4) is 5.69 Å². The second kappa shape index (κ2) is 8.62. The van der Waals surface area contributed by atoms with Crippen molar-refractivity contribution < 1.29 is 12.8 Å². The molecular weight excluding hydrogens is 380 g/mol. The Morgan fingerprint density at radius 3 is 2.41 bits per heavy atom. The van der Waals surface area contributed by atoms with Crippen LogP contribution in [0.25, 0.3) is 5.69 Å². The van der Waals surface area contributed by atoms with Crippen molar-refractivity contribution in [2.24, 2.45) is 0 Å². The highest BCUT2D eigenvalue weighted by molar-refractivity contribution is 7.91. The third kappa shape index (κ3) is 6.22. The molecule has 0 amide bonds. The second-order valence-electron chi connectivity index (χ2n) is 8.05. The molecule has 9 heteroatoms. The normalized spacial score (nSPS) is 14.9. The number of benzene rings is 1. The number of aromatic nitrogens is 4. The van der Waals surface area contributed by atoms with Gasteiger partial charge in [0.15, 0.2) is 8.32 Å². The van der Waals surface area contributed by atoms with Crippen LogP contribution in [-0.4, -0.2) is 48.3 Å². The third-order valence-corrected chi connectivity index (χ3v) is 6.89. The average Bonchev–Trinajstić information content (AvgIpc) is 3.09. The highest BCUT2D eigenvalue weighted by Gasteiger charge is 2.34. The van der Waals surface area contributed by atoms with E-state index in [4.69, 9.17) is 4.43 Å². The molecule has 0 N–H and O–H groups in total. The number of hydrogen-bond donors (Lipinski definition) is 0. The molecule has 2 rings (SSSR count). The molecule has 2 aromatic rings. The van der Waals surface area contributed by atoms with E-state index in [1.165, 1.54) is 4.68 Å². The second-order valence-corrected chi connectivity index (χ2v) is 14.5. The molecule has 0 saturated heterocycles. The van der Waals surface area contributed by atoms with Crippen LogP contribution in [0.2, 0.25) is 19.6 Å². The number of unbranched alkanes of at least 4 members (excludes halogenated alkanes) is 1. The smallest absolute Gasteiger partial charge is 0.272 e. The molecule has 1 aromatic heterocycles. The predicted octanol–water partition coefficient (Wildman–Crippen LogP) is 3.63. The van der Waals surface area contributed by atoms with Crippen LogP contribution in [-0.2, 0) is 14.3 Å². The Labute approximate surface area is 163 Å². The van der Waals surface area contributed by atoms with Crippen LogP contribution >= 0.6 is 0 Å². The first kappa shape index (κ1) is 21.7. The van der Waals surface area contributed by atoms with Gasteiger partial charge in [-0.3, -0.25) is 0 Å². The van der Waals surface area contributed by atoms with Gasteiger partial charge in [0.05, 0.1) is 17.0 Å². The summed E-state index contributed by atoms with van der Waals surface area (Å²) in [6.45, 7) is 10.5. The number of tetrazole rings is 1. The van der Waals surface area contributed by atoms with Crippen molar-refractivity contribution in [1.82, 2.24) is 20.2 Å². The Kier molecular flexibility index (Phi) is 6.93. The zero-order valence-electron chi connectivity index (χ0n) is 16.8. The summed E-state index contributed by atoms with van der Waals surface area (Å²) in [6.07, 6.45) is 3.31. The molecule has 7 nitrogen and oxygen atoms in total. The van der Waals surface area contributed by atoms with Gasteiger partial charge in [-0.15, -0.1) is 0 Å². The van der Waals surface area contributed by atoms with Crippen molar-refractivity contribution in [2.45, 2.75) is 69.9 Å². The molecule has 1 aromatic carbocycles. The van der Waals surface area contributed by atoms with E-state index in [2.05, 4.69) is 42.1 Å². The summed E-state index contributed by atoms with van der Waals surface area (Å²) in [6, 6.07) is 9.03. The summed E-state index contributed by atoms with van der Waals surface area (Å²) in [7, 11) is -5.46. The molecule has 150 valence electrons. The van der Waals surface area contributed by atoms with E-state index >= 15 is 0 Å². The lowest BCUT2D eigenvalue weighted by Crippen LogP contribution is -2.42. The van der Waals surface area contributed by atoms with Gasteiger partial charge in [0.25, 0.3) is 5.16 Å². The first-order valence-corrected chi connectivity index (χ1v) is 14.4. The van der Waals surface area contributed by atoms with Crippen LogP contribution in [0, 0.1) is 0 Å². The molecule has 1 atom stereocenters. The van der Waals surface area contributed by atoms with Crippen molar-refractivity contribution in [2.75, 3.05) is 5.75 Å². The molecule has 0 aliphatic heterocycles. The fourth-order valence-corrected chi connectivity index (χ4v) is 6.19. The molecule has 1 heterocycles. The molecular formula is C18H30N4O3SSi. The van der Waals surface area contributed by atoms with Crippen molar-refractivity contribution in [3.05, 3.63) is 30.3 Å². The predicted molar refractivity (Wildman–Crippen MR) is 108 cm³/mol. The van der Waals surface area contributed by atoms with E-state index in [1.54, 1.807) is 12.1 Å². The third-order valence-electron chi connectivity index (χ3n) is 4.23. The van der Waals surface area contributed by atoms with Gasteiger partial charge in [-0.1, -0.05) is 43.1 Å². The molecule has 0 saturated carbocycles. The number of nitrogens with zero attached hydrogens (tertiary/aromatic N) is 4. The lowest BCUT2D eigenvalue weighted by atomic mass is 9.96. The van der Waals surface area contributed by atoms with Crippen LogP contribution in [0.3, 0.4) is 0 Å². The molecule has 0 aliphatic rings. The number of para-hydroxylation sites is 1. The summed E-state index contributed by atoms with van der Waals surface area (Å²) in [4.78, 5) is 0. The Hall–Kier alpha value is -1.58. The summed E-state index contributed by atoms with van der Waals surface area (Å²) in [5, 5.41) is 11.1. The molecule has 27 heavy (non-hydrogen) atoms. The number of sulfone groups is 1. The van der Waals surface area contributed by atoms with Gasteiger partial charge in [0, 0.05) is 0 Å². The molecule has 0 aliphatic carbocycles. The van der Waals surface area contributed by atoms with Gasteiger partial charge in [0.2, 0.25) is 9.84 Å². The standard InChI is InChI=1S/C18H30N4O3SSi/c1-6-7-13-18(2,25-27(3,4)5)14-15-26(23,24)17-19-20-21-22(17)16-11-9-8-10-12-16/h8-12H,6-7,13-15H2,1-5H3. The first-order valence-electron chi connectivity index (χ1n) is 9.33. The molecule has 0 spiro atoms. The van der Waals surface area contributed by atoms with Crippen molar-refractivity contribution in [1.29, 1.82) is 0 Å². The minimum Gasteiger partial charge on any atom is -0.412 e. The van der Waals surface area contributed by atoms with Gasteiger partial charge in [-0.05, 0) is 62.0 Å². The van der Waals surface area contributed by atoms with Gasteiger partial charge in [-0.25, -0.2) is 8.42 Å². The van der Waals surface area contributed by atoms with Gasteiger partial charge in [-0.2, -0.15) is 4.68 Å². The van der Waals surface area contributed by atoms with Crippen molar-refractivity contribution >= 4 is 18.2 Å². The molecule has 0 bridgehead atoms. The average molecular weight is 411 g/mol. The fourth-order valence-electron chi connectivity index (χ4n) is 3.06. The minimum atomic E-state index is -3.65. The maximum absolute atomic E-state index is 13.0. The lowest BCUT2D eigenvalue weighted by molar-refractivity contribution is 0.0651. The SMILES string of the molecule is CCCCC(C)(CCS(=O)(=O)c1nnnn1-c1ccccc1)O[Si](C)(C)C. The fraction of sp³-hybridized carbons (Fsp3) is 0.611. The van der Waals surface area contributed by atoms with E-state index in [-0.39, 0.29) is 10.9 Å². The van der Waals surface area contributed by atoms with Crippen molar-refractivity contribution in [3.63, 3.8) is 0 Å². The monoisotopic (exact) mass is 410 g/mol. The van der Waals surface area contributed by atoms with Crippen LogP contribution in [0.5, 0.6) is 0 Å². The van der Waals surface area contributed by atoms with Gasteiger partial charge in [0.1, 0.15) is 0 Å². The summed E-state index contributed by atoms with van der Waals surface area (Å²) < 4.78 is 33.6. The zero-order valence-corrected chi connectivity index (χ0v) is 18.7.